The minimum Gasteiger partial charge on any atom is -0.396 e. The summed E-state index contributed by atoms with van der Waals surface area (Å²) < 4.78 is 8.18. The van der Waals surface area contributed by atoms with Crippen LogP contribution in [0.3, 0.4) is 0 Å². The van der Waals surface area contributed by atoms with E-state index in [2.05, 4.69) is 13.8 Å². The number of pyridine rings is 1. The summed E-state index contributed by atoms with van der Waals surface area (Å²) in [5, 5.41) is 10.3. The number of halogens is 1. The van der Waals surface area contributed by atoms with E-state index in [9.17, 15) is 9.90 Å². The summed E-state index contributed by atoms with van der Waals surface area (Å²) >= 11 is 7.82. The zero-order chi connectivity index (χ0) is 20.0. The maximum absolute atomic E-state index is 12.4. The maximum atomic E-state index is 12.4. The highest BCUT2D eigenvalue weighted by Crippen LogP contribution is 2.50. The number of thiophene rings is 1. The number of fused-ring (bicyclic) bond motifs is 3. The highest BCUT2D eigenvalue weighted by atomic mass is 35.5. The lowest BCUT2D eigenvalue weighted by atomic mass is 9.95. The first-order chi connectivity index (χ1) is 13.4. The molecule has 1 N–H and O–H groups in total. The third-order valence-corrected chi connectivity index (χ3v) is 6.92. The average molecular weight is 416 g/mol. The zero-order valence-electron chi connectivity index (χ0n) is 16.0. The summed E-state index contributed by atoms with van der Waals surface area (Å²) in [4.78, 5) is 14.7. The Kier molecular flexibility index (Phi) is 5.19. The first-order valence-electron chi connectivity index (χ1n) is 9.23. The van der Waals surface area contributed by atoms with Crippen LogP contribution in [0.2, 0.25) is 5.02 Å². The normalized spacial score (nSPS) is 18.5. The van der Waals surface area contributed by atoms with Gasteiger partial charge in [-0.2, -0.15) is 0 Å². The summed E-state index contributed by atoms with van der Waals surface area (Å²) in [5.41, 5.74) is 5.11. The maximum Gasteiger partial charge on any atom is 0.250 e. The van der Waals surface area contributed by atoms with E-state index in [1.54, 1.807) is 29.0 Å². The van der Waals surface area contributed by atoms with Crippen LogP contribution in [-0.2, 0) is 11.8 Å². The molecule has 28 heavy (non-hydrogen) atoms. The van der Waals surface area contributed by atoms with Crippen molar-refractivity contribution in [3.8, 4) is 10.4 Å². The third kappa shape index (κ3) is 3.22. The predicted molar refractivity (Wildman–Crippen MR) is 113 cm³/mol. The molecular formula is C22H22ClNO3S. The Labute approximate surface area is 173 Å². The Morgan fingerprint density at radius 3 is 2.64 bits per heavy atom. The standard InChI is InChI=1S/C22H22ClNO3S/c1-12-13(2)28-22-17-11-24(3)19(26)10-16(17)18(8-9-25)27-21(20(12)22)14-4-6-15(23)7-5-14/h4-7,10-11,18,21,25H,8-9H2,1-3H3/t18-,21-/m1/s1. The molecule has 0 bridgehead atoms. The highest BCUT2D eigenvalue weighted by molar-refractivity contribution is 7.15. The lowest BCUT2D eigenvalue weighted by Crippen LogP contribution is -2.19. The number of benzene rings is 1. The van der Waals surface area contributed by atoms with Crippen molar-refractivity contribution in [2.75, 3.05) is 6.61 Å². The van der Waals surface area contributed by atoms with Crippen molar-refractivity contribution >= 4 is 22.9 Å². The number of aromatic nitrogens is 1. The average Bonchev–Trinajstić information content (AvgIpc) is 2.89. The Balaban J connectivity index is 2.00. The van der Waals surface area contributed by atoms with Crippen molar-refractivity contribution < 1.29 is 9.84 Å². The van der Waals surface area contributed by atoms with E-state index in [1.807, 2.05) is 30.5 Å². The second kappa shape index (κ2) is 7.48. The summed E-state index contributed by atoms with van der Waals surface area (Å²) in [7, 11) is 1.76. The lowest BCUT2D eigenvalue weighted by Gasteiger charge is -2.24. The third-order valence-electron chi connectivity index (χ3n) is 5.41. The van der Waals surface area contributed by atoms with Crippen LogP contribution < -0.4 is 5.56 Å². The summed E-state index contributed by atoms with van der Waals surface area (Å²) in [6, 6.07) is 9.34. The largest absolute Gasteiger partial charge is 0.396 e. The topological polar surface area (TPSA) is 51.5 Å². The second-order valence-corrected chi connectivity index (χ2v) is 8.85. The van der Waals surface area contributed by atoms with Gasteiger partial charge in [0.2, 0.25) is 0 Å². The molecule has 0 saturated carbocycles. The van der Waals surface area contributed by atoms with Gasteiger partial charge in [0.25, 0.3) is 5.56 Å². The second-order valence-electron chi connectivity index (χ2n) is 7.19. The van der Waals surface area contributed by atoms with E-state index in [0.29, 0.717) is 11.4 Å². The molecule has 4 nitrogen and oxygen atoms in total. The molecule has 2 atom stereocenters. The Bertz CT molecular complexity index is 1080. The van der Waals surface area contributed by atoms with Crippen LogP contribution in [0.25, 0.3) is 10.4 Å². The van der Waals surface area contributed by atoms with Gasteiger partial charge >= 0.3 is 0 Å². The number of rotatable bonds is 3. The Morgan fingerprint density at radius 1 is 1.25 bits per heavy atom. The van der Waals surface area contributed by atoms with Gasteiger partial charge in [-0.1, -0.05) is 23.7 Å². The molecule has 3 aromatic rings. The van der Waals surface area contributed by atoms with Gasteiger partial charge in [0.05, 0.1) is 6.10 Å². The minimum atomic E-state index is -0.367. The van der Waals surface area contributed by atoms with Crippen LogP contribution in [0.15, 0.2) is 41.3 Å². The number of aliphatic hydroxyl groups is 1. The molecule has 0 saturated heterocycles. The fourth-order valence-electron chi connectivity index (χ4n) is 3.79. The smallest absolute Gasteiger partial charge is 0.250 e. The molecule has 6 heteroatoms. The Hall–Kier alpha value is -1.92. The monoisotopic (exact) mass is 415 g/mol. The lowest BCUT2D eigenvalue weighted by molar-refractivity contribution is -0.00456. The summed E-state index contributed by atoms with van der Waals surface area (Å²) in [5.74, 6) is 0. The number of hydrogen-bond acceptors (Lipinski definition) is 4. The van der Waals surface area contributed by atoms with Crippen molar-refractivity contribution in [3.05, 3.63) is 79.0 Å². The van der Waals surface area contributed by atoms with Crippen molar-refractivity contribution in [3.63, 3.8) is 0 Å². The van der Waals surface area contributed by atoms with E-state index in [0.717, 1.165) is 27.1 Å². The van der Waals surface area contributed by atoms with E-state index >= 15 is 0 Å². The van der Waals surface area contributed by atoms with Gasteiger partial charge in [-0.15, -0.1) is 11.3 Å². The van der Waals surface area contributed by atoms with Gasteiger partial charge in [-0.05, 0) is 42.7 Å². The SMILES string of the molecule is Cc1sc2c(c1C)[C@@H](c1ccc(Cl)cc1)O[C@H](CCO)c1cc(=O)n(C)cc1-2. The molecule has 3 heterocycles. The number of hydrogen-bond donors (Lipinski definition) is 1. The van der Waals surface area contributed by atoms with Crippen molar-refractivity contribution in [2.24, 2.45) is 7.05 Å². The van der Waals surface area contributed by atoms with E-state index in [-0.39, 0.29) is 24.4 Å². The molecule has 0 amide bonds. The summed E-state index contributed by atoms with van der Waals surface area (Å²) in [6.07, 6.45) is 1.66. The molecule has 1 aliphatic heterocycles. The van der Waals surface area contributed by atoms with Gasteiger partial charge in [0, 0.05) is 58.2 Å². The van der Waals surface area contributed by atoms with Gasteiger partial charge in [0.1, 0.15) is 6.10 Å². The molecular weight excluding hydrogens is 394 g/mol. The van der Waals surface area contributed by atoms with E-state index in [4.69, 9.17) is 16.3 Å². The molecule has 0 radical (unpaired) electrons. The minimum absolute atomic E-state index is 0.0156. The van der Waals surface area contributed by atoms with Crippen molar-refractivity contribution in [1.29, 1.82) is 0 Å². The molecule has 0 aliphatic carbocycles. The molecule has 1 aliphatic rings. The number of aliphatic hydroxyl groups excluding tert-OH is 1. The van der Waals surface area contributed by atoms with Crippen LogP contribution >= 0.6 is 22.9 Å². The molecule has 0 unspecified atom stereocenters. The van der Waals surface area contributed by atoms with Crippen molar-refractivity contribution in [2.45, 2.75) is 32.5 Å². The predicted octanol–water partition coefficient (Wildman–Crippen LogP) is 4.93. The quantitative estimate of drug-likeness (QED) is 0.660. The first kappa shape index (κ1) is 19.4. The van der Waals surface area contributed by atoms with E-state index in [1.165, 1.54) is 10.4 Å². The van der Waals surface area contributed by atoms with Gasteiger partial charge < -0.3 is 14.4 Å². The van der Waals surface area contributed by atoms with Gasteiger partial charge in [0.15, 0.2) is 0 Å². The number of nitrogens with zero attached hydrogens (tertiary/aromatic N) is 1. The first-order valence-corrected chi connectivity index (χ1v) is 10.4. The Morgan fingerprint density at radius 2 is 1.96 bits per heavy atom. The number of ether oxygens (including phenoxy) is 1. The molecule has 1 aromatic carbocycles. The molecule has 0 fully saturated rings. The van der Waals surface area contributed by atoms with Crippen LogP contribution in [-0.4, -0.2) is 16.3 Å². The molecule has 2 aromatic heterocycles. The van der Waals surface area contributed by atoms with Crippen LogP contribution in [0.4, 0.5) is 0 Å². The molecule has 4 rings (SSSR count). The molecule has 0 spiro atoms. The molecule has 146 valence electrons. The highest BCUT2D eigenvalue weighted by Gasteiger charge is 2.33. The summed E-state index contributed by atoms with van der Waals surface area (Å²) in [6.45, 7) is 4.21. The van der Waals surface area contributed by atoms with Crippen molar-refractivity contribution in [1.82, 2.24) is 4.57 Å². The number of aryl methyl sites for hydroxylation is 2. The van der Waals surface area contributed by atoms with Crippen LogP contribution in [0, 0.1) is 13.8 Å². The zero-order valence-corrected chi connectivity index (χ0v) is 17.6. The fraction of sp³-hybridized carbons (Fsp3) is 0.318. The van der Waals surface area contributed by atoms with E-state index < -0.39 is 0 Å². The van der Waals surface area contributed by atoms with Gasteiger partial charge in [-0.3, -0.25) is 4.79 Å². The fourth-order valence-corrected chi connectivity index (χ4v) is 5.14. The van der Waals surface area contributed by atoms with Crippen LogP contribution in [0.1, 0.15) is 45.8 Å². The van der Waals surface area contributed by atoms with Crippen LogP contribution in [0.5, 0.6) is 0 Å². The van der Waals surface area contributed by atoms with Gasteiger partial charge in [-0.25, -0.2) is 0 Å².